The van der Waals surface area contributed by atoms with Gasteiger partial charge in [0.2, 0.25) is 0 Å². The van der Waals surface area contributed by atoms with E-state index in [2.05, 4.69) is 201 Å². The van der Waals surface area contributed by atoms with E-state index in [0.717, 1.165) is 39.3 Å². The Balaban J connectivity index is 1.28. The Hall–Kier alpha value is -5.62. The van der Waals surface area contributed by atoms with Crippen molar-refractivity contribution in [2.75, 3.05) is 4.90 Å². The second-order valence-electron chi connectivity index (χ2n) is 14.5. The molecule has 51 heavy (non-hydrogen) atoms. The maximum atomic E-state index is 6.69. The van der Waals surface area contributed by atoms with Crippen molar-refractivity contribution < 1.29 is 9.31 Å². The highest BCUT2D eigenvalue weighted by atomic mass is 16.7. The van der Waals surface area contributed by atoms with Gasteiger partial charge in [-0.2, -0.15) is 0 Å². The lowest BCUT2D eigenvalue weighted by atomic mass is 9.77. The molecule has 0 spiro atoms. The first-order chi connectivity index (χ1) is 24.8. The summed E-state index contributed by atoms with van der Waals surface area (Å²) in [6, 6.07) is 58.7. The molecular weight excluding hydrogens is 623 g/mol. The number of anilines is 3. The van der Waals surface area contributed by atoms with E-state index in [1.54, 1.807) is 0 Å². The molecule has 0 radical (unpaired) electrons. The van der Waals surface area contributed by atoms with Crippen LogP contribution in [0.4, 0.5) is 17.1 Å². The number of aromatic nitrogens is 1. The molecule has 1 aromatic heterocycles. The smallest absolute Gasteiger partial charge is 0.399 e. The molecule has 0 unspecified atom stereocenters. The van der Waals surface area contributed by atoms with Gasteiger partial charge in [-0.05, 0) is 110 Å². The standard InChI is InChI=1S/C46H39BN2O2/c1-45(2)46(3,4)51-47(50-45)35-28-34(33-26-27-44-41(30-33)40-23-13-14-24-43(40)49(44)37-20-9-6-10-21-37)29-38(31-35)48(36-18-7-5-8-19-36)42-25-15-17-32-16-11-12-22-39(32)42/h5-31H,1-4H3. The van der Waals surface area contributed by atoms with Crippen molar-refractivity contribution in [3.63, 3.8) is 0 Å². The molecule has 0 saturated carbocycles. The Labute approximate surface area is 299 Å². The van der Waals surface area contributed by atoms with Crippen LogP contribution in [0.25, 0.3) is 49.4 Å². The number of hydrogen-bond acceptors (Lipinski definition) is 3. The van der Waals surface area contributed by atoms with Gasteiger partial charge in [-0.1, -0.05) is 103 Å². The molecule has 4 nitrogen and oxygen atoms in total. The highest BCUT2D eigenvalue weighted by molar-refractivity contribution is 6.62. The monoisotopic (exact) mass is 662 g/mol. The maximum Gasteiger partial charge on any atom is 0.494 e. The summed E-state index contributed by atoms with van der Waals surface area (Å²) in [7, 11) is -0.525. The molecule has 8 aromatic rings. The van der Waals surface area contributed by atoms with E-state index < -0.39 is 18.3 Å². The summed E-state index contributed by atoms with van der Waals surface area (Å²) in [4.78, 5) is 2.36. The zero-order valence-electron chi connectivity index (χ0n) is 29.4. The molecule has 0 atom stereocenters. The number of para-hydroxylation sites is 3. The lowest BCUT2D eigenvalue weighted by molar-refractivity contribution is 0.00578. The normalized spacial score (nSPS) is 15.2. The van der Waals surface area contributed by atoms with Gasteiger partial charge in [0.1, 0.15) is 0 Å². The van der Waals surface area contributed by atoms with Gasteiger partial charge >= 0.3 is 7.12 Å². The van der Waals surface area contributed by atoms with E-state index in [9.17, 15) is 0 Å². The molecule has 7 aromatic carbocycles. The van der Waals surface area contributed by atoms with Crippen LogP contribution in [0.1, 0.15) is 27.7 Å². The SMILES string of the molecule is CC1(C)OB(c2cc(-c3ccc4c(c3)c3ccccc3n4-c3ccccc3)cc(N(c3ccccc3)c3cccc4ccccc34)c2)OC1(C)C. The maximum absolute atomic E-state index is 6.69. The number of rotatable bonds is 6. The summed E-state index contributed by atoms with van der Waals surface area (Å²) in [6.45, 7) is 8.45. The highest BCUT2D eigenvalue weighted by Crippen LogP contribution is 2.42. The summed E-state index contributed by atoms with van der Waals surface area (Å²) in [5.74, 6) is 0. The van der Waals surface area contributed by atoms with E-state index in [0.29, 0.717) is 0 Å². The van der Waals surface area contributed by atoms with Crippen molar-refractivity contribution >= 4 is 62.2 Å². The first-order valence-electron chi connectivity index (χ1n) is 17.7. The van der Waals surface area contributed by atoms with Crippen molar-refractivity contribution in [3.8, 4) is 16.8 Å². The van der Waals surface area contributed by atoms with Gasteiger partial charge < -0.3 is 18.8 Å². The van der Waals surface area contributed by atoms with Crippen LogP contribution in [0.2, 0.25) is 0 Å². The van der Waals surface area contributed by atoms with E-state index in [4.69, 9.17) is 9.31 Å². The van der Waals surface area contributed by atoms with Crippen molar-refractivity contribution in [1.29, 1.82) is 0 Å². The number of benzene rings is 7. The van der Waals surface area contributed by atoms with Crippen LogP contribution in [-0.2, 0) is 9.31 Å². The zero-order chi connectivity index (χ0) is 34.7. The van der Waals surface area contributed by atoms with Crippen molar-refractivity contribution in [2.45, 2.75) is 38.9 Å². The summed E-state index contributed by atoms with van der Waals surface area (Å²) < 4.78 is 15.7. The van der Waals surface area contributed by atoms with Gasteiger partial charge in [-0.15, -0.1) is 0 Å². The van der Waals surface area contributed by atoms with Gasteiger partial charge in [-0.25, -0.2) is 0 Å². The summed E-state index contributed by atoms with van der Waals surface area (Å²) in [5.41, 5.74) is 8.99. The van der Waals surface area contributed by atoms with Crippen LogP contribution in [0.3, 0.4) is 0 Å². The minimum Gasteiger partial charge on any atom is -0.399 e. The molecule has 0 bridgehead atoms. The van der Waals surface area contributed by atoms with Crippen molar-refractivity contribution in [2.24, 2.45) is 0 Å². The summed E-state index contributed by atoms with van der Waals surface area (Å²) >= 11 is 0. The molecule has 0 N–H and O–H groups in total. The van der Waals surface area contributed by atoms with Gasteiger partial charge in [0.05, 0.1) is 27.9 Å². The second kappa shape index (κ2) is 12.0. The Morgan fingerprint density at radius 1 is 0.490 bits per heavy atom. The predicted molar refractivity (Wildman–Crippen MR) is 214 cm³/mol. The minimum absolute atomic E-state index is 0.471. The molecule has 0 amide bonds. The Morgan fingerprint density at radius 2 is 1.12 bits per heavy atom. The molecule has 0 aliphatic carbocycles. The molecule has 5 heteroatoms. The van der Waals surface area contributed by atoms with Crippen LogP contribution < -0.4 is 10.4 Å². The first-order valence-corrected chi connectivity index (χ1v) is 17.7. The van der Waals surface area contributed by atoms with E-state index >= 15 is 0 Å². The van der Waals surface area contributed by atoms with E-state index in [1.807, 2.05) is 0 Å². The topological polar surface area (TPSA) is 26.6 Å². The lowest BCUT2D eigenvalue weighted by Gasteiger charge is -2.32. The quantitative estimate of drug-likeness (QED) is 0.166. The van der Waals surface area contributed by atoms with Crippen molar-refractivity contribution in [3.05, 3.63) is 164 Å². The highest BCUT2D eigenvalue weighted by Gasteiger charge is 2.52. The van der Waals surface area contributed by atoms with Gasteiger partial charge in [0, 0.05) is 33.2 Å². The predicted octanol–water partition coefficient (Wildman–Crippen LogP) is 11.4. The third-order valence-electron chi connectivity index (χ3n) is 10.8. The molecule has 2 heterocycles. The molecule has 1 aliphatic rings. The molecule has 1 saturated heterocycles. The summed E-state index contributed by atoms with van der Waals surface area (Å²) in [6.07, 6.45) is 0. The molecule has 1 aliphatic heterocycles. The molecule has 1 fully saturated rings. The average Bonchev–Trinajstić information content (AvgIpc) is 3.60. The molecular formula is C46H39BN2O2. The van der Waals surface area contributed by atoms with Crippen LogP contribution in [0.5, 0.6) is 0 Å². The Kier molecular flexibility index (Phi) is 7.39. The fourth-order valence-electron chi connectivity index (χ4n) is 7.46. The molecule has 9 rings (SSSR count). The van der Waals surface area contributed by atoms with E-state index in [-0.39, 0.29) is 0 Å². The van der Waals surface area contributed by atoms with Crippen LogP contribution >= 0.6 is 0 Å². The second-order valence-corrected chi connectivity index (χ2v) is 14.5. The van der Waals surface area contributed by atoms with Crippen LogP contribution in [0.15, 0.2) is 164 Å². The largest absolute Gasteiger partial charge is 0.494 e. The van der Waals surface area contributed by atoms with Crippen LogP contribution in [0, 0.1) is 0 Å². The fourth-order valence-corrected chi connectivity index (χ4v) is 7.46. The minimum atomic E-state index is -0.525. The lowest BCUT2D eigenvalue weighted by Crippen LogP contribution is -2.41. The van der Waals surface area contributed by atoms with Gasteiger partial charge in [-0.3, -0.25) is 0 Å². The third kappa shape index (κ3) is 5.32. The average molecular weight is 663 g/mol. The van der Waals surface area contributed by atoms with Gasteiger partial charge in [0.15, 0.2) is 0 Å². The first kappa shape index (κ1) is 31.4. The fraction of sp³-hybridized carbons (Fsp3) is 0.130. The summed E-state index contributed by atoms with van der Waals surface area (Å²) in [5, 5.41) is 4.81. The van der Waals surface area contributed by atoms with Crippen LogP contribution in [-0.4, -0.2) is 22.9 Å². The number of fused-ring (bicyclic) bond motifs is 4. The molecule has 248 valence electrons. The number of hydrogen-bond donors (Lipinski definition) is 0. The van der Waals surface area contributed by atoms with Crippen molar-refractivity contribution in [1.82, 2.24) is 4.57 Å². The number of nitrogens with zero attached hydrogens (tertiary/aromatic N) is 2. The van der Waals surface area contributed by atoms with Gasteiger partial charge in [0.25, 0.3) is 0 Å². The van der Waals surface area contributed by atoms with E-state index in [1.165, 1.54) is 32.6 Å². The third-order valence-corrected chi connectivity index (χ3v) is 10.8. The Bertz CT molecular complexity index is 2540. The zero-order valence-corrected chi connectivity index (χ0v) is 29.4. The Morgan fingerprint density at radius 3 is 1.88 bits per heavy atom.